The van der Waals surface area contributed by atoms with Gasteiger partial charge in [0.05, 0.1) is 24.3 Å². The molecule has 1 atom stereocenters. The maximum Gasteiger partial charge on any atom is 0.490 e. The number of rotatable bonds is 4. The molecule has 11 nitrogen and oxygen atoms in total. The van der Waals surface area contributed by atoms with Crippen molar-refractivity contribution in [1.82, 2.24) is 25.1 Å². The summed E-state index contributed by atoms with van der Waals surface area (Å²) in [6.07, 6.45) is -0.248. The normalized spacial score (nSPS) is 21.8. The summed E-state index contributed by atoms with van der Waals surface area (Å²) in [4.78, 5) is 33.1. The zero-order valence-corrected chi connectivity index (χ0v) is 20.3. The Balaban J connectivity index is 0.000000405. The Labute approximate surface area is 210 Å². The molecule has 0 aromatic carbocycles. The molecular weight excluding hydrogens is 497 g/mol. The number of hydrogen-bond donors (Lipinski definition) is 3. The van der Waals surface area contributed by atoms with Crippen LogP contribution in [-0.4, -0.2) is 87.7 Å². The van der Waals surface area contributed by atoms with Crippen LogP contribution in [0.2, 0.25) is 0 Å². The van der Waals surface area contributed by atoms with Gasteiger partial charge >= 0.3 is 12.1 Å². The van der Waals surface area contributed by atoms with Crippen LogP contribution in [0.4, 0.5) is 19.1 Å². The second-order valence-corrected chi connectivity index (χ2v) is 9.49. The first-order valence-electron chi connectivity index (χ1n) is 11.9. The highest BCUT2D eigenvalue weighted by Gasteiger charge is 2.46. The van der Waals surface area contributed by atoms with Gasteiger partial charge in [-0.25, -0.2) is 14.8 Å². The van der Waals surface area contributed by atoms with Crippen molar-refractivity contribution < 1.29 is 37.3 Å². The third-order valence-corrected chi connectivity index (χ3v) is 6.70. The second-order valence-electron chi connectivity index (χ2n) is 9.49. The fourth-order valence-electron chi connectivity index (χ4n) is 4.71. The molecule has 5 heterocycles. The minimum atomic E-state index is -5.08. The van der Waals surface area contributed by atoms with Crippen molar-refractivity contribution in [2.24, 2.45) is 5.92 Å². The van der Waals surface area contributed by atoms with E-state index >= 15 is 0 Å². The van der Waals surface area contributed by atoms with Crippen LogP contribution in [0.15, 0.2) is 12.3 Å². The number of carbonyl (C=O) groups is 2. The number of likely N-dealkylation sites (tertiary alicyclic amines) is 1. The van der Waals surface area contributed by atoms with Crippen molar-refractivity contribution in [1.29, 1.82) is 0 Å². The molecule has 202 valence electrons. The van der Waals surface area contributed by atoms with Crippen molar-refractivity contribution in [3.8, 4) is 0 Å². The van der Waals surface area contributed by atoms with Gasteiger partial charge in [0.15, 0.2) is 0 Å². The number of aryl methyl sites for hydroxylation is 1. The number of nitrogens with one attached hydrogen (secondary N) is 2. The van der Waals surface area contributed by atoms with E-state index in [4.69, 9.17) is 24.4 Å². The number of hydrogen-bond acceptors (Lipinski definition) is 8. The summed E-state index contributed by atoms with van der Waals surface area (Å²) < 4.78 is 43.1. The summed E-state index contributed by atoms with van der Waals surface area (Å²) in [6.45, 7) is 6.75. The van der Waals surface area contributed by atoms with E-state index in [1.807, 2.05) is 18.0 Å². The molecule has 37 heavy (non-hydrogen) atoms. The summed E-state index contributed by atoms with van der Waals surface area (Å²) in [5, 5.41) is 17.5. The lowest BCUT2D eigenvalue weighted by Gasteiger charge is -2.34. The van der Waals surface area contributed by atoms with Gasteiger partial charge in [-0.2, -0.15) is 18.3 Å². The van der Waals surface area contributed by atoms with Crippen LogP contribution in [-0.2, 0) is 26.3 Å². The lowest BCUT2D eigenvalue weighted by molar-refractivity contribution is -0.192. The molecule has 14 heteroatoms. The van der Waals surface area contributed by atoms with Crippen molar-refractivity contribution in [3.05, 3.63) is 34.9 Å². The minimum absolute atomic E-state index is 0.0460. The van der Waals surface area contributed by atoms with E-state index in [0.29, 0.717) is 43.9 Å². The van der Waals surface area contributed by atoms with Crippen LogP contribution < -0.4 is 5.32 Å². The van der Waals surface area contributed by atoms with Gasteiger partial charge < -0.3 is 24.8 Å². The molecule has 3 aliphatic heterocycles. The number of aromatic nitrogens is 4. The van der Waals surface area contributed by atoms with Crippen molar-refractivity contribution in [2.75, 3.05) is 44.8 Å². The Bertz CT molecular complexity index is 1120. The molecule has 0 saturated carbocycles. The van der Waals surface area contributed by atoms with E-state index in [0.717, 1.165) is 56.0 Å². The van der Waals surface area contributed by atoms with E-state index in [9.17, 15) is 18.0 Å². The standard InChI is InChI=1S/C21H28N6O3.C2HF3O2/c1-14-8-17(26-25-14)19(28)27-5-4-21(12-27)13-30-11-16-10-23-20(24-18(16)21)22-9-15-2-6-29-7-3-15;3-2(4,5)1(6)7/h8,10,15H,2-7,9,11-13H2,1H3,(H,25,26)(H,22,23,24);(H,6,7). The predicted molar refractivity (Wildman–Crippen MR) is 123 cm³/mol. The Morgan fingerprint density at radius 1 is 1.30 bits per heavy atom. The minimum Gasteiger partial charge on any atom is -0.475 e. The average Bonchev–Trinajstić information content (AvgIpc) is 3.50. The van der Waals surface area contributed by atoms with Crippen LogP contribution in [0.25, 0.3) is 0 Å². The SMILES string of the molecule is Cc1cc(C(=O)N2CCC3(COCc4cnc(NCC5CCOCC5)nc43)C2)n[nH]1.O=C(O)C(F)(F)F. The first kappa shape index (κ1) is 26.8. The number of nitrogens with zero attached hydrogens (tertiary/aromatic N) is 4. The Kier molecular flexibility index (Phi) is 7.97. The van der Waals surface area contributed by atoms with E-state index < -0.39 is 12.1 Å². The fourth-order valence-corrected chi connectivity index (χ4v) is 4.71. The lowest BCUT2D eigenvalue weighted by Crippen LogP contribution is -2.42. The highest BCUT2D eigenvalue weighted by atomic mass is 19.4. The second kappa shape index (κ2) is 11.0. The van der Waals surface area contributed by atoms with Gasteiger partial charge in [0, 0.05) is 50.3 Å². The van der Waals surface area contributed by atoms with Gasteiger partial charge in [-0.3, -0.25) is 9.89 Å². The van der Waals surface area contributed by atoms with Crippen LogP contribution in [0.5, 0.6) is 0 Å². The molecule has 0 radical (unpaired) electrons. The van der Waals surface area contributed by atoms with E-state index in [1.165, 1.54) is 0 Å². The van der Waals surface area contributed by atoms with Crippen molar-refractivity contribution >= 4 is 17.8 Å². The Morgan fingerprint density at radius 3 is 2.68 bits per heavy atom. The number of carboxylic acids is 1. The molecule has 2 aromatic rings. The quantitative estimate of drug-likeness (QED) is 0.547. The van der Waals surface area contributed by atoms with Gasteiger partial charge in [-0.15, -0.1) is 0 Å². The third-order valence-electron chi connectivity index (χ3n) is 6.70. The van der Waals surface area contributed by atoms with Gasteiger partial charge in [-0.05, 0) is 38.2 Å². The number of halogens is 3. The van der Waals surface area contributed by atoms with Crippen LogP contribution in [0.1, 0.15) is 46.7 Å². The number of ether oxygens (including phenoxy) is 2. The van der Waals surface area contributed by atoms with Crippen LogP contribution in [0.3, 0.4) is 0 Å². The van der Waals surface area contributed by atoms with Crippen molar-refractivity contribution in [2.45, 2.75) is 44.4 Å². The molecule has 0 aliphatic carbocycles. The van der Waals surface area contributed by atoms with Gasteiger partial charge in [0.2, 0.25) is 5.95 Å². The first-order valence-corrected chi connectivity index (χ1v) is 11.9. The van der Waals surface area contributed by atoms with E-state index in [2.05, 4.69) is 20.5 Å². The topological polar surface area (TPSA) is 143 Å². The average molecular weight is 527 g/mol. The first-order chi connectivity index (χ1) is 17.6. The summed E-state index contributed by atoms with van der Waals surface area (Å²) in [6, 6.07) is 1.79. The number of H-pyrrole nitrogens is 1. The molecule has 2 saturated heterocycles. The highest BCUT2D eigenvalue weighted by molar-refractivity contribution is 5.92. The smallest absolute Gasteiger partial charge is 0.475 e. The number of aliphatic carboxylic acids is 1. The molecule has 3 N–H and O–H groups in total. The van der Waals surface area contributed by atoms with Gasteiger partial charge in [-0.1, -0.05) is 0 Å². The number of anilines is 1. The summed E-state index contributed by atoms with van der Waals surface area (Å²) in [7, 11) is 0. The molecule has 1 spiro atoms. The molecule has 1 unspecified atom stereocenters. The summed E-state index contributed by atoms with van der Waals surface area (Å²) in [5.74, 6) is -1.55. The van der Waals surface area contributed by atoms with Gasteiger partial charge in [0.1, 0.15) is 5.69 Å². The highest BCUT2D eigenvalue weighted by Crippen LogP contribution is 2.39. The predicted octanol–water partition coefficient (Wildman–Crippen LogP) is 2.29. The number of aromatic amines is 1. The van der Waals surface area contributed by atoms with Crippen molar-refractivity contribution in [3.63, 3.8) is 0 Å². The largest absolute Gasteiger partial charge is 0.490 e. The number of carbonyl (C=O) groups excluding carboxylic acids is 1. The molecular formula is C23H29F3N6O5. The molecule has 1 amide bonds. The Hall–Kier alpha value is -3.26. The van der Waals surface area contributed by atoms with E-state index in [-0.39, 0.29) is 11.3 Å². The lowest BCUT2D eigenvalue weighted by atomic mass is 9.80. The number of amides is 1. The summed E-state index contributed by atoms with van der Waals surface area (Å²) in [5.41, 5.74) is 3.09. The van der Waals surface area contributed by atoms with Crippen LogP contribution >= 0.6 is 0 Å². The molecule has 2 aromatic heterocycles. The monoisotopic (exact) mass is 526 g/mol. The molecule has 0 bridgehead atoms. The number of fused-ring (bicyclic) bond motifs is 2. The zero-order valence-electron chi connectivity index (χ0n) is 20.3. The maximum absolute atomic E-state index is 12.9. The summed E-state index contributed by atoms with van der Waals surface area (Å²) >= 11 is 0. The molecule has 2 fully saturated rings. The third kappa shape index (κ3) is 6.36. The van der Waals surface area contributed by atoms with Crippen LogP contribution in [0, 0.1) is 12.8 Å². The maximum atomic E-state index is 12.9. The number of alkyl halides is 3. The van der Waals surface area contributed by atoms with E-state index in [1.54, 1.807) is 6.07 Å². The number of carboxylic acid groups (broad SMARTS) is 1. The molecule has 3 aliphatic rings. The zero-order chi connectivity index (χ0) is 26.6. The Morgan fingerprint density at radius 2 is 2.03 bits per heavy atom. The molecule has 5 rings (SSSR count). The van der Waals surface area contributed by atoms with Gasteiger partial charge in [0.25, 0.3) is 5.91 Å². The fraction of sp³-hybridized carbons (Fsp3) is 0.609.